The van der Waals surface area contributed by atoms with Crippen LogP contribution < -0.4 is 0 Å². The van der Waals surface area contributed by atoms with E-state index >= 15 is 0 Å². The Hall–Kier alpha value is -0.710. The van der Waals surface area contributed by atoms with Crippen LogP contribution in [0, 0.1) is 5.92 Å². The molecule has 1 rings (SSSR count). The van der Waals surface area contributed by atoms with Crippen LogP contribution in [0.5, 0.6) is 0 Å². The monoisotopic (exact) mass is 207 g/mol. The Labute approximate surface area is 82.0 Å². The molecule has 0 bridgehead atoms. The van der Waals surface area contributed by atoms with Gasteiger partial charge in [-0.2, -0.15) is 8.78 Å². The third kappa shape index (κ3) is 2.64. The molecule has 0 aromatic rings. The number of halogens is 2. The number of carbonyl (C=O) groups is 1. The summed E-state index contributed by atoms with van der Waals surface area (Å²) in [5, 5.41) is 0. The molecule has 0 N–H and O–H groups in total. The highest BCUT2D eigenvalue weighted by Gasteiger charge is 2.43. The van der Waals surface area contributed by atoms with E-state index in [1.807, 2.05) is 11.9 Å². The number of ether oxygens (including phenoxy) is 1. The summed E-state index contributed by atoms with van der Waals surface area (Å²) in [5.41, 5.74) is 0. The zero-order valence-corrected chi connectivity index (χ0v) is 8.43. The maximum absolute atomic E-state index is 13.1. The Morgan fingerprint density at radius 3 is 2.71 bits per heavy atom. The number of carbonyl (C=O) groups excluding carboxylic acids is 1. The minimum absolute atomic E-state index is 0.103. The van der Waals surface area contributed by atoms with Gasteiger partial charge in [-0.3, -0.25) is 0 Å². The first-order valence-electron chi connectivity index (χ1n) is 4.60. The van der Waals surface area contributed by atoms with Crippen LogP contribution in [0.4, 0.5) is 8.78 Å². The van der Waals surface area contributed by atoms with E-state index in [-0.39, 0.29) is 5.92 Å². The molecule has 1 saturated heterocycles. The van der Waals surface area contributed by atoms with Crippen molar-refractivity contribution in [1.29, 1.82) is 0 Å². The SMILES string of the molecule is COC(=O)C(F)(F)CC1CCN(C)C1. The summed E-state index contributed by atoms with van der Waals surface area (Å²) in [7, 11) is 2.87. The number of alkyl halides is 2. The molecule has 1 aliphatic heterocycles. The largest absolute Gasteiger partial charge is 0.465 e. The van der Waals surface area contributed by atoms with Crippen molar-refractivity contribution in [2.75, 3.05) is 27.2 Å². The van der Waals surface area contributed by atoms with Gasteiger partial charge in [0.15, 0.2) is 0 Å². The summed E-state index contributed by atoms with van der Waals surface area (Å²) in [5.74, 6) is -4.86. The lowest BCUT2D eigenvalue weighted by Gasteiger charge is -2.17. The second-order valence-corrected chi connectivity index (χ2v) is 3.82. The minimum Gasteiger partial charge on any atom is -0.465 e. The topological polar surface area (TPSA) is 29.5 Å². The highest BCUT2D eigenvalue weighted by Crippen LogP contribution is 2.29. The third-order valence-corrected chi connectivity index (χ3v) is 2.52. The lowest BCUT2D eigenvalue weighted by molar-refractivity contribution is -0.171. The predicted octanol–water partition coefficient (Wildman–Crippen LogP) is 1.14. The number of rotatable bonds is 3. The molecule has 1 unspecified atom stereocenters. The Morgan fingerprint density at radius 1 is 1.64 bits per heavy atom. The molecule has 0 aliphatic carbocycles. The number of likely N-dealkylation sites (tertiary alicyclic amines) is 1. The average Bonchev–Trinajstić information content (AvgIpc) is 2.48. The van der Waals surface area contributed by atoms with Crippen molar-refractivity contribution >= 4 is 5.97 Å². The van der Waals surface area contributed by atoms with Crippen molar-refractivity contribution in [3.05, 3.63) is 0 Å². The number of methoxy groups -OCH3 is 1. The van der Waals surface area contributed by atoms with Crippen molar-refractivity contribution in [1.82, 2.24) is 4.90 Å². The van der Waals surface area contributed by atoms with Gasteiger partial charge in [-0.1, -0.05) is 0 Å². The van der Waals surface area contributed by atoms with E-state index in [2.05, 4.69) is 4.74 Å². The van der Waals surface area contributed by atoms with E-state index in [0.717, 1.165) is 20.1 Å². The summed E-state index contributed by atoms with van der Waals surface area (Å²) in [6, 6.07) is 0. The molecule has 0 saturated carbocycles. The molecular weight excluding hydrogens is 192 g/mol. The van der Waals surface area contributed by atoms with Crippen LogP contribution in [0.1, 0.15) is 12.8 Å². The number of nitrogens with zero attached hydrogens (tertiary/aromatic N) is 1. The van der Waals surface area contributed by atoms with Gasteiger partial charge in [0.05, 0.1) is 7.11 Å². The van der Waals surface area contributed by atoms with Gasteiger partial charge in [-0.15, -0.1) is 0 Å². The zero-order chi connectivity index (χ0) is 10.8. The first-order valence-corrected chi connectivity index (χ1v) is 4.60. The summed E-state index contributed by atoms with van der Waals surface area (Å²) in [6.07, 6.45) is 0.326. The first kappa shape index (κ1) is 11.4. The maximum atomic E-state index is 13.1. The molecule has 1 heterocycles. The van der Waals surface area contributed by atoms with E-state index in [1.54, 1.807) is 0 Å². The second kappa shape index (κ2) is 4.21. The molecule has 0 aromatic carbocycles. The second-order valence-electron chi connectivity index (χ2n) is 3.82. The molecule has 5 heteroatoms. The Kier molecular flexibility index (Phi) is 3.42. The molecule has 1 atom stereocenters. The lowest BCUT2D eigenvalue weighted by atomic mass is 10.0. The van der Waals surface area contributed by atoms with E-state index in [9.17, 15) is 13.6 Å². The van der Waals surface area contributed by atoms with Crippen molar-refractivity contribution < 1.29 is 18.3 Å². The summed E-state index contributed by atoms with van der Waals surface area (Å²) in [6.45, 7) is 1.45. The van der Waals surface area contributed by atoms with Crippen molar-refractivity contribution in [2.24, 2.45) is 5.92 Å². The number of hydrogen-bond donors (Lipinski definition) is 0. The van der Waals surface area contributed by atoms with E-state index in [0.29, 0.717) is 6.54 Å². The molecule has 0 aromatic heterocycles. The van der Waals surface area contributed by atoms with Gasteiger partial charge in [0.1, 0.15) is 0 Å². The van der Waals surface area contributed by atoms with Gasteiger partial charge in [-0.05, 0) is 25.9 Å². The zero-order valence-electron chi connectivity index (χ0n) is 8.43. The highest BCUT2D eigenvalue weighted by atomic mass is 19.3. The Balaban J connectivity index is 2.46. The fourth-order valence-electron chi connectivity index (χ4n) is 1.79. The van der Waals surface area contributed by atoms with Crippen LogP contribution >= 0.6 is 0 Å². The van der Waals surface area contributed by atoms with Gasteiger partial charge in [0, 0.05) is 13.0 Å². The minimum atomic E-state index is -3.33. The molecule has 0 amide bonds. The van der Waals surface area contributed by atoms with Crippen molar-refractivity contribution in [2.45, 2.75) is 18.8 Å². The molecule has 1 fully saturated rings. The molecule has 14 heavy (non-hydrogen) atoms. The molecule has 82 valence electrons. The normalized spacial score (nSPS) is 23.9. The predicted molar refractivity (Wildman–Crippen MR) is 47.2 cm³/mol. The number of esters is 1. The van der Waals surface area contributed by atoms with Gasteiger partial charge >= 0.3 is 11.9 Å². The average molecular weight is 207 g/mol. The van der Waals surface area contributed by atoms with Gasteiger partial charge in [-0.25, -0.2) is 4.79 Å². The van der Waals surface area contributed by atoms with Crippen LogP contribution in [-0.4, -0.2) is 44.0 Å². The van der Waals surface area contributed by atoms with E-state index in [1.165, 1.54) is 0 Å². The standard InChI is InChI=1S/C9H15F2NO2/c1-12-4-3-7(6-12)5-9(10,11)8(13)14-2/h7H,3-6H2,1-2H3. The van der Waals surface area contributed by atoms with Crippen molar-refractivity contribution in [3.8, 4) is 0 Å². The van der Waals surface area contributed by atoms with Crippen LogP contribution in [0.3, 0.4) is 0 Å². The molecule has 0 radical (unpaired) electrons. The van der Waals surface area contributed by atoms with Gasteiger partial charge in [0.25, 0.3) is 0 Å². The summed E-state index contributed by atoms with van der Waals surface area (Å²) < 4.78 is 30.3. The molecule has 1 aliphatic rings. The third-order valence-electron chi connectivity index (χ3n) is 2.52. The fraction of sp³-hybridized carbons (Fsp3) is 0.889. The highest BCUT2D eigenvalue weighted by molar-refractivity contribution is 5.77. The first-order chi connectivity index (χ1) is 6.45. The lowest BCUT2D eigenvalue weighted by Crippen LogP contribution is -2.33. The van der Waals surface area contributed by atoms with Gasteiger partial charge < -0.3 is 9.64 Å². The molecule has 0 spiro atoms. The smallest absolute Gasteiger partial charge is 0.376 e. The number of hydrogen-bond acceptors (Lipinski definition) is 3. The van der Waals surface area contributed by atoms with E-state index in [4.69, 9.17) is 0 Å². The summed E-state index contributed by atoms with van der Waals surface area (Å²) in [4.78, 5) is 12.7. The van der Waals surface area contributed by atoms with E-state index < -0.39 is 18.3 Å². The Morgan fingerprint density at radius 2 is 2.29 bits per heavy atom. The van der Waals surface area contributed by atoms with Crippen molar-refractivity contribution in [3.63, 3.8) is 0 Å². The van der Waals surface area contributed by atoms with Gasteiger partial charge in [0.2, 0.25) is 0 Å². The Bertz CT molecular complexity index is 221. The van der Waals surface area contributed by atoms with Crippen LogP contribution in [0.15, 0.2) is 0 Å². The summed E-state index contributed by atoms with van der Waals surface area (Å²) >= 11 is 0. The quantitative estimate of drug-likeness (QED) is 0.650. The fourth-order valence-corrected chi connectivity index (χ4v) is 1.79. The van der Waals surface area contributed by atoms with Crippen LogP contribution in [0.2, 0.25) is 0 Å². The van der Waals surface area contributed by atoms with Crippen LogP contribution in [-0.2, 0) is 9.53 Å². The van der Waals surface area contributed by atoms with Crippen LogP contribution in [0.25, 0.3) is 0 Å². The molecule has 3 nitrogen and oxygen atoms in total. The maximum Gasteiger partial charge on any atom is 0.376 e. The molecular formula is C9H15F2NO2.